The van der Waals surface area contributed by atoms with Crippen LogP contribution in [0.15, 0.2) is 108 Å². The lowest BCUT2D eigenvalue weighted by Crippen LogP contribution is -2.70. The van der Waals surface area contributed by atoms with Crippen LogP contribution in [0.25, 0.3) is 0 Å². The van der Waals surface area contributed by atoms with E-state index < -0.39 is 29.9 Å². The second-order valence-electron chi connectivity index (χ2n) is 15.7. The molecule has 12 heteroatoms. The number of allylic oxidation sites excluding steroid dienone is 1. The molecule has 0 aromatic heterocycles. The molecular formula is C48H61N3O9. The molecule has 12 nitrogen and oxygen atoms in total. The van der Waals surface area contributed by atoms with Crippen molar-refractivity contribution in [1.29, 1.82) is 0 Å². The standard InChI is InChI=1S/C48H61N3O9/c1-4-25-51(47(55)56-32-34-17-9-7-10-18-34)43-31-41(50-58-33-35-19-11-8-12-20-35)39-29-36(21-13-15-26-52)38(22-14-16-27-53)44-40-30-37(59-46(54)49-6-3)23-24-42(40)60-48(43,45(39)44)57-28-5-2/h5,7-12,17-20,23-24,29-30,36,38,43-45,52-53H,2,4,6,13-16,21-22,25-28,31-33H2,1,3H3,(H,49,54)/t36-,38+,43-,44+,45+,48+/m0/s1. The van der Waals surface area contributed by atoms with Crippen molar-refractivity contribution in [2.24, 2.45) is 22.9 Å². The molecule has 0 unspecified atom stereocenters. The topological polar surface area (TPSA) is 148 Å². The Kier molecular flexibility index (Phi) is 16.2. The number of unbranched alkanes of at least 4 members (excludes halogenated alkanes) is 2. The molecule has 1 aliphatic heterocycles. The van der Waals surface area contributed by atoms with Gasteiger partial charge in [0.2, 0.25) is 5.79 Å². The molecule has 1 saturated carbocycles. The first-order valence-electron chi connectivity index (χ1n) is 21.5. The Labute approximate surface area is 354 Å². The minimum absolute atomic E-state index is 0.00737. The number of oxime groups is 1. The van der Waals surface area contributed by atoms with Crippen molar-refractivity contribution in [3.05, 3.63) is 120 Å². The lowest BCUT2D eigenvalue weighted by atomic mass is 9.55. The van der Waals surface area contributed by atoms with Crippen LogP contribution in [0.2, 0.25) is 0 Å². The number of amides is 2. The van der Waals surface area contributed by atoms with Gasteiger partial charge in [-0.1, -0.05) is 97.7 Å². The molecule has 0 bridgehead atoms. The monoisotopic (exact) mass is 823 g/mol. The fourth-order valence-electron chi connectivity index (χ4n) is 9.18. The van der Waals surface area contributed by atoms with E-state index in [4.69, 9.17) is 28.9 Å². The van der Waals surface area contributed by atoms with Crippen LogP contribution in [0.5, 0.6) is 11.5 Å². The maximum atomic E-state index is 14.5. The molecule has 2 aliphatic carbocycles. The third-order valence-corrected chi connectivity index (χ3v) is 11.7. The highest BCUT2D eigenvalue weighted by Crippen LogP contribution is 2.62. The highest BCUT2D eigenvalue weighted by molar-refractivity contribution is 6.03. The molecule has 6 rings (SSSR count). The Morgan fingerprint density at radius 3 is 2.32 bits per heavy atom. The highest BCUT2D eigenvalue weighted by atomic mass is 16.7. The highest BCUT2D eigenvalue weighted by Gasteiger charge is 2.65. The van der Waals surface area contributed by atoms with E-state index in [1.165, 1.54) is 0 Å². The number of rotatable bonds is 21. The van der Waals surface area contributed by atoms with Gasteiger partial charge in [-0.2, -0.15) is 0 Å². The summed E-state index contributed by atoms with van der Waals surface area (Å²) in [7, 11) is 0. The van der Waals surface area contributed by atoms with E-state index in [9.17, 15) is 19.8 Å². The Morgan fingerprint density at radius 1 is 0.950 bits per heavy atom. The van der Waals surface area contributed by atoms with Gasteiger partial charge in [0, 0.05) is 44.2 Å². The molecule has 3 aromatic rings. The van der Waals surface area contributed by atoms with Gasteiger partial charge in [-0.05, 0) is 85.8 Å². The third-order valence-electron chi connectivity index (χ3n) is 11.7. The predicted molar refractivity (Wildman–Crippen MR) is 230 cm³/mol. The fourth-order valence-corrected chi connectivity index (χ4v) is 9.18. The molecule has 3 aromatic carbocycles. The zero-order valence-electron chi connectivity index (χ0n) is 35.0. The fraction of sp³-hybridized carbons (Fsp3) is 0.479. The Morgan fingerprint density at radius 2 is 1.65 bits per heavy atom. The van der Waals surface area contributed by atoms with Crippen molar-refractivity contribution < 1.29 is 43.6 Å². The lowest BCUT2D eigenvalue weighted by molar-refractivity contribution is -0.255. The van der Waals surface area contributed by atoms with E-state index in [0.29, 0.717) is 49.6 Å². The molecule has 0 radical (unpaired) electrons. The largest absolute Gasteiger partial charge is 0.459 e. The number of hydrogen-bond acceptors (Lipinski definition) is 10. The van der Waals surface area contributed by atoms with E-state index in [0.717, 1.165) is 47.9 Å². The third kappa shape index (κ3) is 10.4. The van der Waals surface area contributed by atoms with E-state index in [1.54, 1.807) is 17.0 Å². The second-order valence-corrected chi connectivity index (χ2v) is 15.7. The van der Waals surface area contributed by atoms with Crippen molar-refractivity contribution in [3.63, 3.8) is 0 Å². The summed E-state index contributed by atoms with van der Waals surface area (Å²) in [5.41, 5.74) is 4.28. The van der Waals surface area contributed by atoms with Crippen LogP contribution >= 0.6 is 0 Å². The summed E-state index contributed by atoms with van der Waals surface area (Å²) >= 11 is 0. The molecule has 3 aliphatic rings. The molecule has 322 valence electrons. The van der Waals surface area contributed by atoms with Gasteiger partial charge in [-0.15, -0.1) is 6.58 Å². The number of aliphatic hydroxyl groups is 2. The van der Waals surface area contributed by atoms with Crippen molar-refractivity contribution in [2.45, 2.75) is 96.2 Å². The van der Waals surface area contributed by atoms with Crippen LogP contribution in [0.4, 0.5) is 9.59 Å². The molecular weight excluding hydrogens is 763 g/mol. The van der Waals surface area contributed by atoms with Gasteiger partial charge >= 0.3 is 12.2 Å². The first-order valence-corrected chi connectivity index (χ1v) is 21.5. The second kappa shape index (κ2) is 21.9. The van der Waals surface area contributed by atoms with Gasteiger partial charge in [-0.25, -0.2) is 9.59 Å². The predicted octanol–water partition coefficient (Wildman–Crippen LogP) is 8.68. The minimum atomic E-state index is -1.44. The van der Waals surface area contributed by atoms with Crippen molar-refractivity contribution in [2.75, 3.05) is 32.9 Å². The molecule has 0 saturated heterocycles. The first kappa shape index (κ1) is 44.4. The number of carbonyl (C=O) groups is 2. The van der Waals surface area contributed by atoms with Gasteiger partial charge < -0.3 is 39.3 Å². The Bertz CT molecular complexity index is 1920. The summed E-state index contributed by atoms with van der Waals surface area (Å²) in [6, 6.07) is 24.1. The smallest absolute Gasteiger partial charge is 0.412 e. The molecule has 6 atom stereocenters. The van der Waals surface area contributed by atoms with Gasteiger partial charge in [0.25, 0.3) is 0 Å². The SMILES string of the molecule is C=CCO[C@@]12Oc3ccc(OC(=O)NCC)cc3[C@H]3[C@H](CCCCO)[C@@H](CCCCO)C=C(C(=NOCc4ccccc4)C[C@@H]1N(CCC)C(=O)OCc1ccccc1)[C@H]32. The first-order chi connectivity index (χ1) is 29.4. The maximum Gasteiger partial charge on any atom is 0.412 e. The minimum Gasteiger partial charge on any atom is -0.459 e. The van der Waals surface area contributed by atoms with Crippen LogP contribution in [-0.2, 0) is 27.5 Å². The van der Waals surface area contributed by atoms with E-state index in [2.05, 4.69) is 18.0 Å². The normalized spacial score (nSPS) is 23.3. The Balaban J connectivity index is 1.55. The Hall–Kier alpha value is -5.17. The lowest BCUT2D eigenvalue weighted by Gasteiger charge is -2.59. The van der Waals surface area contributed by atoms with E-state index in [1.807, 2.05) is 86.6 Å². The van der Waals surface area contributed by atoms with Crippen LogP contribution in [0, 0.1) is 17.8 Å². The average molecular weight is 824 g/mol. The summed E-state index contributed by atoms with van der Waals surface area (Å²) in [4.78, 5) is 35.2. The number of fused-ring (bicyclic) bond motifs is 2. The molecule has 0 spiro atoms. The number of benzene rings is 3. The molecule has 1 fully saturated rings. The molecule has 3 N–H and O–H groups in total. The number of aliphatic hydroxyl groups excluding tert-OH is 2. The zero-order chi connectivity index (χ0) is 42.3. The summed E-state index contributed by atoms with van der Waals surface area (Å²) < 4.78 is 26.2. The number of nitrogens with one attached hydrogen (secondary N) is 1. The summed E-state index contributed by atoms with van der Waals surface area (Å²) in [6.07, 6.45) is 8.26. The zero-order valence-corrected chi connectivity index (χ0v) is 35.0. The maximum absolute atomic E-state index is 14.5. The van der Waals surface area contributed by atoms with Crippen LogP contribution < -0.4 is 14.8 Å². The summed E-state index contributed by atoms with van der Waals surface area (Å²) in [5.74, 6) is -1.25. The van der Waals surface area contributed by atoms with Crippen molar-refractivity contribution in [3.8, 4) is 11.5 Å². The van der Waals surface area contributed by atoms with E-state index >= 15 is 0 Å². The van der Waals surface area contributed by atoms with E-state index in [-0.39, 0.29) is 57.2 Å². The van der Waals surface area contributed by atoms with Crippen LogP contribution in [-0.4, -0.2) is 77.8 Å². The van der Waals surface area contributed by atoms with Crippen molar-refractivity contribution in [1.82, 2.24) is 10.2 Å². The quantitative estimate of drug-likeness (QED) is 0.0545. The van der Waals surface area contributed by atoms with Gasteiger partial charge in [0.05, 0.1) is 18.2 Å². The van der Waals surface area contributed by atoms with Gasteiger partial charge in [0.1, 0.15) is 30.8 Å². The molecule has 60 heavy (non-hydrogen) atoms. The summed E-state index contributed by atoms with van der Waals surface area (Å²) in [5, 5.41) is 27.4. The summed E-state index contributed by atoms with van der Waals surface area (Å²) in [6.45, 7) is 9.26. The van der Waals surface area contributed by atoms with Gasteiger partial charge in [-0.3, -0.25) is 4.90 Å². The van der Waals surface area contributed by atoms with Gasteiger partial charge in [0.15, 0.2) is 0 Å². The molecule has 1 heterocycles. The van der Waals surface area contributed by atoms with Crippen LogP contribution in [0.1, 0.15) is 87.8 Å². The van der Waals surface area contributed by atoms with Crippen LogP contribution in [0.3, 0.4) is 0 Å². The average Bonchev–Trinajstić information content (AvgIpc) is 3.26. The number of ether oxygens (including phenoxy) is 4. The number of hydrogen-bond donors (Lipinski definition) is 3. The number of carbonyl (C=O) groups excluding carboxylic acids is 2. The molecule has 2 amide bonds. The van der Waals surface area contributed by atoms with Crippen molar-refractivity contribution >= 4 is 17.9 Å². The number of nitrogens with zero attached hydrogens (tertiary/aromatic N) is 2.